The molecule has 21 aromatic rings. The molecule has 0 radical (unpaired) electrons. The van der Waals surface area contributed by atoms with Gasteiger partial charge >= 0.3 is 0 Å². The molecule has 4 aromatic heterocycles. The lowest BCUT2D eigenvalue weighted by Crippen LogP contribution is -2.30. The van der Waals surface area contributed by atoms with E-state index in [0.29, 0.717) is 5.92 Å². The third-order valence-corrected chi connectivity index (χ3v) is 24.8. The van der Waals surface area contributed by atoms with Crippen molar-refractivity contribution in [3.05, 3.63) is 409 Å². The van der Waals surface area contributed by atoms with Crippen LogP contribution in [-0.4, -0.2) is 18.3 Å². The molecule has 0 aliphatic rings. The molecule has 17 aromatic carbocycles. The molecule has 596 valence electrons. The Morgan fingerprint density at radius 2 is 0.557 bits per heavy atom. The monoisotopic (exact) mass is 1580 g/mol. The van der Waals surface area contributed by atoms with E-state index in [9.17, 15) is 0 Å². The Morgan fingerprint density at radius 1 is 0.246 bits per heavy atom. The van der Waals surface area contributed by atoms with E-state index in [1.165, 1.54) is 206 Å². The molecule has 8 heteroatoms. The highest BCUT2D eigenvalue weighted by Crippen LogP contribution is 2.41. The summed E-state index contributed by atoms with van der Waals surface area (Å²) in [6.45, 7) is 22.3. The van der Waals surface area contributed by atoms with Gasteiger partial charge < -0.3 is 0 Å². The Kier molecular flexibility index (Phi) is 21.2. The van der Waals surface area contributed by atoms with E-state index in [4.69, 9.17) is 0 Å². The van der Waals surface area contributed by atoms with Crippen LogP contribution in [0.25, 0.3) is 167 Å². The standard InChI is InChI=1S/C31H25N2.C29H29N2.C28H27N2.C26H23N2/c1-22-19-20-25(23-11-4-3-5-12-23)21-27(22)31-32(2)29-16-8-9-17-30(29)33(31)28-18-10-14-24-13-6-7-15-26(24)28;1-20-17-18-22(29(2,3)4)19-24(20)28-30(5)26-14-8-9-15-27(26)31(28)25-16-10-12-21-11-6-7-13-23(21)25;1-19(2)22-17-16-20(3)24(18-22)28-29(4)26-13-7-8-14-27(26)30(28)25-15-9-11-21-10-5-6-12-23(21)25;1-18-15-16-21(19(2)17-18)26-27(3)24-12-6-7-13-25(24)28(26)23-14-8-10-20-9-4-5-11-22(20)23/h3-21H,1-2H3;6-19H,1-5H3;5-19H,1-4H3;4-17H,1-3H3/q4*+1. The topological polar surface area (TPSA) is 35.2 Å². The Balaban J connectivity index is 0.000000111. The van der Waals surface area contributed by atoms with E-state index >= 15 is 0 Å². The molecule has 0 fully saturated rings. The van der Waals surface area contributed by atoms with Crippen LogP contribution in [-0.2, 0) is 33.6 Å². The van der Waals surface area contributed by atoms with Crippen LogP contribution < -0.4 is 18.3 Å². The maximum atomic E-state index is 2.44. The highest BCUT2D eigenvalue weighted by Gasteiger charge is 2.34. The maximum Gasteiger partial charge on any atom is 0.295 e. The van der Waals surface area contributed by atoms with Gasteiger partial charge in [0.15, 0.2) is 44.1 Å². The van der Waals surface area contributed by atoms with Gasteiger partial charge in [-0.05, 0) is 209 Å². The third kappa shape index (κ3) is 14.4. The van der Waals surface area contributed by atoms with Crippen LogP contribution >= 0.6 is 0 Å². The molecule has 0 saturated heterocycles. The number of nitrogens with zero attached hydrogens (tertiary/aromatic N) is 8. The molecule has 21 rings (SSSR count). The number of fused-ring (bicyclic) bond motifs is 8. The van der Waals surface area contributed by atoms with Crippen molar-refractivity contribution < 1.29 is 18.3 Å². The summed E-state index contributed by atoms with van der Waals surface area (Å²) in [6, 6.07) is 133. The molecule has 8 nitrogen and oxygen atoms in total. The van der Waals surface area contributed by atoms with Crippen LogP contribution in [0.2, 0.25) is 0 Å². The van der Waals surface area contributed by atoms with Gasteiger partial charge in [-0.3, -0.25) is 0 Å². The number of aromatic nitrogens is 8. The summed E-state index contributed by atoms with van der Waals surface area (Å²) < 4.78 is 19.0. The van der Waals surface area contributed by atoms with Gasteiger partial charge in [-0.1, -0.05) is 313 Å². The maximum absolute atomic E-state index is 2.44. The predicted octanol–water partition coefficient (Wildman–Crippen LogP) is 26.7. The van der Waals surface area contributed by atoms with Crippen LogP contribution in [0.3, 0.4) is 0 Å². The number of imidazole rings is 4. The average molecular weight is 1590 g/mol. The fourth-order valence-corrected chi connectivity index (χ4v) is 18.4. The van der Waals surface area contributed by atoms with Crippen molar-refractivity contribution in [1.29, 1.82) is 0 Å². The Hall–Kier alpha value is -14.3. The van der Waals surface area contributed by atoms with Gasteiger partial charge in [-0.15, -0.1) is 0 Å². The molecule has 0 bridgehead atoms. The number of benzene rings is 17. The summed E-state index contributed by atoms with van der Waals surface area (Å²) in [6.07, 6.45) is 0. The molecule has 0 unspecified atom stereocenters. The zero-order valence-corrected chi connectivity index (χ0v) is 72.4. The lowest BCUT2D eigenvalue weighted by atomic mass is 9.85. The van der Waals surface area contributed by atoms with Gasteiger partial charge in [0, 0.05) is 21.5 Å². The summed E-state index contributed by atoms with van der Waals surface area (Å²) in [5, 5.41) is 10.1. The van der Waals surface area contributed by atoms with Gasteiger partial charge in [0.05, 0.1) is 50.4 Å². The smallest absolute Gasteiger partial charge is 0.225 e. The number of hydrogen-bond acceptors (Lipinski definition) is 0. The molecular weight excluding hydrogens is 1480 g/mol. The summed E-state index contributed by atoms with van der Waals surface area (Å²) in [5.74, 6) is 5.30. The van der Waals surface area contributed by atoms with E-state index in [-0.39, 0.29) is 5.41 Å². The third-order valence-electron chi connectivity index (χ3n) is 24.8. The second kappa shape index (κ2) is 32.8. The first-order valence-electron chi connectivity index (χ1n) is 42.7. The number of aryl methyl sites for hydroxylation is 9. The Bertz CT molecular complexity index is 7560. The molecule has 0 spiro atoms. The largest absolute Gasteiger partial charge is 0.295 e. The normalized spacial score (nSPS) is 11.6. The molecular formula is C114H104N8+4. The van der Waals surface area contributed by atoms with E-state index < -0.39 is 0 Å². The van der Waals surface area contributed by atoms with Gasteiger partial charge in [0.25, 0.3) is 23.3 Å². The molecule has 4 heterocycles. The van der Waals surface area contributed by atoms with Crippen molar-refractivity contribution in [2.45, 2.75) is 80.6 Å². The minimum absolute atomic E-state index is 0.0946. The minimum Gasteiger partial charge on any atom is -0.225 e. The van der Waals surface area contributed by atoms with Crippen molar-refractivity contribution in [3.63, 3.8) is 0 Å². The summed E-state index contributed by atoms with van der Waals surface area (Å²) in [5.41, 5.74) is 31.4. The van der Waals surface area contributed by atoms with Crippen LogP contribution in [0.4, 0.5) is 0 Å². The molecule has 0 saturated carbocycles. The lowest BCUT2D eigenvalue weighted by Gasteiger charge is -2.20. The molecule has 0 amide bonds. The zero-order valence-electron chi connectivity index (χ0n) is 72.4. The van der Waals surface area contributed by atoms with Crippen molar-refractivity contribution in [3.8, 4) is 79.4 Å². The second-order valence-corrected chi connectivity index (χ2v) is 34.0. The van der Waals surface area contributed by atoms with Gasteiger partial charge in [0.1, 0.15) is 22.7 Å². The molecule has 0 N–H and O–H groups in total. The first-order chi connectivity index (χ1) is 59.3. The van der Waals surface area contributed by atoms with Crippen LogP contribution in [0.1, 0.15) is 79.5 Å². The Labute approximate surface area is 716 Å². The summed E-state index contributed by atoms with van der Waals surface area (Å²) >= 11 is 0. The predicted molar refractivity (Wildman–Crippen MR) is 511 cm³/mol. The van der Waals surface area contributed by atoms with E-state index in [1.807, 2.05) is 0 Å². The first kappa shape index (κ1) is 78.8. The number of hydrogen-bond donors (Lipinski definition) is 0. The summed E-state index contributed by atoms with van der Waals surface area (Å²) in [4.78, 5) is 0. The molecule has 0 aliphatic heterocycles. The van der Waals surface area contributed by atoms with Crippen molar-refractivity contribution in [1.82, 2.24) is 18.3 Å². The second-order valence-electron chi connectivity index (χ2n) is 34.0. The Morgan fingerprint density at radius 3 is 0.926 bits per heavy atom. The fraction of sp³-hybridized carbons (Fsp3) is 0.140. The first-order valence-corrected chi connectivity index (χ1v) is 42.7. The van der Waals surface area contributed by atoms with Crippen molar-refractivity contribution in [2.24, 2.45) is 28.2 Å². The average Bonchev–Trinajstić information content (AvgIpc) is 1.60. The van der Waals surface area contributed by atoms with E-state index in [1.54, 1.807) is 0 Å². The van der Waals surface area contributed by atoms with E-state index in [0.717, 1.165) is 0 Å². The van der Waals surface area contributed by atoms with Gasteiger partial charge in [-0.2, -0.15) is 18.3 Å². The molecule has 0 atom stereocenters. The highest BCUT2D eigenvalue weighted by atomic mass is 15.2. The van der Waals surface area contributed by atoms with Crippen LogP contribution in [0.5, 0.6) is 0 Å². The molecule has 0 aliphatic carbocycles. The lowest BCUT2D eigenvalue weighted by molar-refractivity contribution is -0.634. The highest BCUT2D eigenvalue weighted by molar-refractivity contribution is 5.98. The SMILES string of the molecule is Cc1ccc(-c2ccccc2)cc1-c1n(-c2cccc3ccccc23)c2ccccc2[n+]1C.Cc1ccc(-c2n(-c3cccc4ccccc34)c3ccccc3[n+]2C)c(C)c1.Cc1ccc(C(C)(C)C)cc1-c1n(-c2cccc3ccccc23)c2ccccc2[n+]1C.Cc1ccc(C(C)C)cc1-c1n(-c2cccc3ccccc23)c2ccccc2[n+]1C. The fourth-order valence-electron chi connectivity index (χ4n) is 18.4. The van der Waals surface area contributed by atoms with Crippen molar-refractivity contribution in [2.75, 3.05) is 0 Å². The van der Waals surface area contributed by atoms with Crippen LogP contribution in [0.15, 0.2) is 370 Å². The van der Waals surface area contributed by atoms with Crippen LogP contribution in [0, 0.1) is 34.6 Å². The van der Waals surface area contributed by atoms with E-state index in [2.05, 4.69) is 504 Å². The quantitative estimate of drug-likeness (QED) is 0.122. The van der Waals surface area contributed by atoms with Gasteiger partial charge in [-0.25, -0.2) is 18.3 Å². The minimum atomic E-state index is 0.0946. The number of rotatable bonds is 10. The zero-order chi connectivity index (χ0) is 84.2. The van der Waals surface area contributed by atoms with Gasteiger partial charge in [0.2, 0.25) is 0 Å². The van der Waals surface area contributed by atoms with Crippen molar-refractivity contribution >= 4 is 87.2 Å². The molecule has 122 heavy (non-hydrogen) atoms. The number of para-hydroxylation sites is 8. The summed E-state index contributed by atoms with van der Waals surface area (Å²) in [7, 11) is 8.70.